The second-order valence-corrected chi connectivity index (χ2v) is 5.75. The average molecular weight is 281 g/mol. The number of amides is 1. The highest BCUT2D eigenvalue weighted by molar-refractivity contribution is 5.95. The number of carbonyl (C=O) groups excluding carboxylic acids is 1. The zero-order chi connectivity index (χ0) is 15.1. The molecule has 0 heterocycles. The van der Waals surface area contributed by atoms with Crippen LogP contribution in [0.25, 0.3) is 0 Å². The number of carbonyl (C=O) groups is 1. The first-order valence-electron chi connectivity index (χ1n) is 7.57. The number of nitrogens with one attached hydrogen (secondary N) is 1. The van der Waals surface area contributed by atoms with Gasteiger partial charge < -0.3 is 5.32 Å². The minimum Gasteiger partial charge on any atom is -0.352 e. The number of benzene rings is 2. The van der Waals surface area contributed by atoms with Crippen molar-refractivity contribution in [3.63, 3.8) is 0 Å². The summed E-state index contributed by atoms with van der Waals surface area (Å²) >= 11 is 0. The molecule has 2 aromatic carbocycles. The molecule has 0 unspecified atom stereocenters. The van der Waals surface area contributed by atoms with Crippen LogP contribution in [-0.2, 0) is 12.8 Å². The third kappa shape index (κ3) is 4.75. The van der Waals surface area contributed by atoms with Crippen molar-refractivity contribution < 1.29 is 4.79 Å². The highest BCUT2D eigenvalue weighted by Gasteiger charge is 2.10. The van der Waals surface area contributed by atoms with Crippen LogP contribution >= 0.6 is 0 Å². The van der Waals surface area contributed by atoms with Crippen molar-refractivity contribution in [2.24, 2.45) is 5.92 Å². The van der Waals surface area contributed by atoms with Crippen LogP contribution in [0.15, 0.2) is 54.6 Å². The highest BCUT2D eigenvalue weighted by Crippen LogP contribution is 2.13. The molecular formula is C19H23NO. The molecule has 0 fully saturated rings. The molecule has 0 bridgehead atoms. The molecule has 110 valence electrons. The molecule has 0 aliphatic rings. The minimum atomic E-state index is 0.0346. The summed E-state index contributed by atoms with van der Waals surface area (Å²) in [5, 5.41) is 3.00. The predicted molar refractivity (Wildman–Crippen MR) is 87.5 cm³/mol. The van der Waals surface area contributed by atoms with Crippen LogP contribution in [0.4, 0.5) is 0 Å². The van der Waals surface area contributed by atoms with Gasteiger partial charge in [0.05, 0.1) is 0 Å². The van der Waals surface area contributed by atoms with E-state index in [4.69, 9.17) is 0 Å². The lowest BCUT2D eigenvalue weighted by molar-refractivity contribution is 0.0948. The zero-order valence-corrected chi connectivity index (χ0v) is 12.8. The fourth-order valence-electron chi connectivity index (χ4n) is 2.28. The van der Waals surface area contributed by atoms with E-state index in [9.17, 15) is 4.79 Å². The quantitative estimate of drug-likeness (QED) is 0.856. The van der Waals surface area contributed by atoms with E-state index < -0.39 is 0 Å². The Bertz CT molecular complexity index is 575. The molecular weight excluding hydrogens is 258 g/mol. The lowest BCUT2D eigenvalue weighted by Gasteiger charge is -2.11. The van der Waals surface area contributed by atoms with Crippen molar-refractivity contribution in [1.29, 1.82) is 0 Å². The molecule has 0 spiro atoms. The van der Waals surface area contributed by atoms with E-state index in [1.165, 1.54) is 5.56 Å². The molecule has 2 aromatic rings. The second-order valence-electron chi connectivity index (χ2n) is 5.75. The number of aryl methyl sites for hydroxylation is 2. The van der Waals surface area contributed by atoms with Crippen LogP contribution in [0, 0.1) is 5.92 Å². The van der Waals surface area contributed by atoms with Gasteiger partial charge >= 0.3 is 0 Å². The molecule has 0 aromatic heterocycles. The standard InChI is InChI=1S/C19H23NO/c1-15(2)14-20-19(21)18-11-7-6-10-17(18)13-12-16-8-4-3-5-9-16/h3-11,15H,12-14H2,1-2H3,(H,20,21). The SMILES string of the molecule is CC(C)CNC(=O)c1ccccc1CCc1ccccc1. The van der Waals surface area contributed by atoms with Crippen LogP contribution in [0.3, 0.4) is 0 Å². The molecule has 0 saturated heterocycles. The Labute approximate surface area is 127 Å². The summed E-state index contributed by atoms with van der Waals surface area (Å²) in [7, 11) is 0. The normalized spacial score (nSPS) is 10.6. The smallest absolute Gasteiger partial charge is 0.251 e. The Balaban J connectivity index is 2.04. The molecule has 1 N–H and O–H groups in total. The summed E-state index contributed by atoms with van der Waals surface area (Å²) in [6, 6.07) is 18.3. The lowest BCUT2D eigenvalue weighted by atomic mass is 9.99. The summed E-state index contributed by atoms with van der Waals surface area (Å²) in [6.45, 7) is 4.91. The molecule has 0 radical (unpaired) electrons. The summed E-state index contributed by atoms with van der Waals surface area (Å²) in [5.41, 5.74) is 3.21. The Morgan fingerprint density at radius 2 is 1.62 bits per heavy atom. The molecule has 2 rings (SSSR count). The van der Waals surface area contributed by atoms with E-state index in [1.807, 2.05) is 30.3 Å². The van der Waals surface area contributed by atoms with Gasteiger partial charge in [-0.2, -0.15) is 0 Å². The third-order valence-electron chi connectivity index (χ3n) is 3.46. The van der Waals surface area contributed by atoms with Gasteiger partial charge in [0.2, 0.25) is 0 Å². The van der Waals surface area contributed by atoms with E-state index >= 15 is 0 Å². The Morgan fingerprint density at radius 3 is 2.33 bits per heavy atom. The van der Waals surface area contributed by atoms with Gasteiger partial charge in [0.1, 0.15) is 0 Å². The summed E-state index contributed by atoms with van der Waals surface area (Å²) in [6.07, 6.45) is 1.84. The van der Waals surface area contributed by atoms with E-state index in [2.05, 4.69) is 43.4 Å². The van der Waals surface area contributed by atoms with E-state index in [0.29, 0.717) is 12.5 Å². The van der Waals surface area contributed by atoms with Crippen molar-refractivity contribution in [3.05, 3.63) is 71.3 Å². The lowest BCUT2D eigenvalue weighted by Crippen LogP contribution is -2.28. The molecule has 2 nitrogen and oxygen atoms in total. The van der Waals surface area contributed by atoms with Crippen molar-refractivity contribution in [2.75, 3.05) is 6.54 Å². The fourth-order valence-corrected chi connectivity index (χ4v) is 2.28. The summed E-state index contributed by atoms with van der Waals surface area (Å²) in [4.78, 5) is 12.3. The number of hydrogen-bond donors (Lipinski definition) is 1. The van der Waals surface area contributed by atoms with Crippen molar-refractivity contribution in [2.45, 2.75) is 26.7 Å². The van der Waals surface area contributed by atoms with Crippen LogP contribution in [0.1, 0.15) is 35.3 Å². The predicted octanol–water partition coefficient (Wildman–Crippen LogP) is 3.86. The maximum atomic E-state index is 12.3. The highest BCUT2D eigenvalue weighted by atomic mass is 16.1. The van der Waals surface area contributed by atoms with Gasteiger partial charge in [-0.1, -0.05) is 62.4 Å². The topological polar surface area (TPSA) is 29.1 Å². The minimum absolute atomic E-state index is 0.0346. The van der Waals surface area contributed by atoms with Crippen LogP contribution in [0.2, 0.25) is 0 Å². The van der Waals surface area contributed by atoms with Gasteiger partial charge in [-0.05, 0) is 36.0 Å². The van der Waals surface area contributed by atoms with Crippen molar-refractivity contribution in [3.8, 4) is 0 Å². The molecule has 0 atom stereocenters. The molecule has 0 aliphatic heterocycles. The molecule has 1 amide bonds. The first-order chi connectivity index (χ1) is 10.2. The van der Waals surface area contributed by atoms with Gasteiger partial charge in [0.15, 0.2) is 0 Å². The first kappa shape index (κ1) is 15.3. The maximum Gasteiger partial charge on any atom is 0.251 e. The first-order valence-corrected chi connectivity index (χ1v) is 7.57. The van der Waals surface area contributed by atoms with Crippen LogP contribution in [0.5, 0.6) is 0 Å². The van der Waals surface area contributed by atoms with E-state index in [1.54, 1.807) is 0 Å². The van der Waals surface area contributed by atoms with Crippen LogP contribution < -0.4 is 5.32 Å². The molecule has 0 aliphatic carbocycles. The number of rotatable bonds is 6. The van der Waals surface area contributed by atoms with Crippen molar-refractivity contribution in [1.82, 2.24) is 5.32 Å². The van der Waals surface area contributed by atoms with Gasteiger partial charge in [0, 0.05) is 12.1 Å². The van der Waals surface area contributed by atoms with Gasteiger partial charge in [-0.15, -0.1) is 0 Å². The van der Waals surface area contributed by atoms with Crippen molar-refractivity contribution >= 4 is 5.91 Å². The largest absolute Gasteiger partial charge is 0.352 e. The Hall–Kier alpha value is -2.09. The van der Waals surface area contributed by atoms with Gasteiger partial charge in [-0.3, -0.25) is 4.79 Å². The summed E-state index contributed by atoms with van der Waals surface area (Å²) < 4.78 is 0. The van der Waals surface area contributed by atoms with Crippen LogP contribution in [-0.4, -0.2) is 12.5 Å². The Morgan fingerprint density at radius 1 is 0.952 bits per heavy atom. The van der Waals surface area contributed by atoms with Gasteiger partial charge in [-0.25, -0.2) is 0 Å². The molecule has 21 heavy (non-hydrogen) atoms. The zero-order valence-electron chi connectivity index (χ0n) is 12.8. The molecule has 0 saturated carbocycles. The summed E-state index contributed by atoms with van der Waals surface area (Å²) in [5.74, 6) is 0.498. The van der Waals surface area contributed by atoms with E-state index in [-0.39, 0.29) is 5.91 Å². The van der Waals surface area contributed by atoms with E-state index in [0.717, 1.165) is 24.0 Å². The third-order valence-corrected chi connectivity index (χ3v) is 3.46. The maximum absolute atomic E-state index is 12.3. The van der Waals surface area contributed by atoms with Gasteiger partial charge in [0.25, 0.3) is 5.91 Å². The monoisotopic (exact) mass is 281 g/mol. The molecule has 2 heteroatoms. The average Bonchev–Trinajstić information content (AvgIpc) is 2.52. The Kier molecular flexibility index (Phi) is 5.56. The fraction of sp³-hybridized carbons (Fsp3) is 0.316. The number of hydrogen-bond acceptors (Lipinski definition) is 1. The second kappa shape index (κ2) is 7.63.